The Morgan fingerprint density at radius 2 is 2.07 bits per heavy atom. The van der Waals surface area contributed by atoms with E-state index in [2.05, 4.69) is 18.0 Å². The van der Waals surface area contributed by atoms with Gasteiger partial charge in [0.1, 0.15) is 0 Å². The van der Waals surface area contributed by atoms with Crippen LogP contribution in [-0.2, 0) is 11.3 Å². The fourth-order valence-electron chi connectivity index (χ4n) is 1.53. The molecule has 0 atom stereocenters. The van der Waals surface area contributed by atoms with Crippen molar-refractivity contribution in [1.29, 1.82) is 0 Å². The van der Waals surface area contributed by atoms with Crippen LogP contribution in [0.4, 0.5) is 5.69 Å². The molecule has 3 nitrogen and oxygen atoms in total. The topological polar surface area (TPSA) is 38.5 Å². The third kappa shape index (κ3) is 4.32. The molecule has 0 bridgehead atoms. The lowest BCUT2D eigenvalue weighted by molar-refractivity contribution is 0.178. The van der Waals surface area contributed by atoms with E-state index in [1.807, 2.05) is 18.2 Å². The molecule has 0 aliphatic rings. The van der Waals surface area contributed by atoms with Crippen molar-refractivity contribution in [2.24, 2.45) is 0 Å². The fraction of sp³-hybridized carbons (Fsp3) is 0.500. The molecule has 0 aromatic heterocycles. The average Bonchev–Trinajstić information content (AvgIpc) is 2.22. The van der Waals surface area contributed by atoms with Crippen molar-refractivity contribution in [2.75, 3.05) is 33.0 Å². The van der Waals surface area contributed by atoms with Crippen LogP contribution < -0.4 is 5.73 Å². The summed E-state index contributed by atoms with van der Waals surface area (Å²) in [6.07, 6.45) is 1.06. The molecule has 3 heteroatoms. The Kier molecular flexibility index (Phi) is 5.15. The summed E-state index contributed by atoms with van der Waals surface area (Å²) in [6.45, 7) is 2.74. The average molecular weight is 208 g/mol. The number of hydrogen-bond acceptors (Lipinski definition) is 3. The Labute approximate surface area is 91.8 Å². The van der Waals surface area contributed by atoms with E-state index in [-0.39, 0.29) is 0 Å². The summed E-state index contributed by atoms with van der Waals surface area (Å²) in [4.78, 5) is 2.25. The van der Waals surface area contributed by atoms with Gasteiger partial charge in [0.2, 0.25) is 0 Å². The maximum Gasteiger partial charge on any atom is 0.0474 e. The van der Waals surface area contributed by atoms with Gasteiger partial charge in [-0.25, -0.2) is 0 Å². The SMILES string of the molecule is COCCCN(C)Cc1ccccc1N. The molecule has 0 unspecified atom stereocenters. The van der Waals surface area contributed by atoms with Gasteiger partial charge in [0, 0.05) is 32.5 Å². The second-order valence-electron chi connectivity index (χ2n) is 3.78. The molecule has 0 aliphatic carbocycles. The van der Waals surface area contributed by atoms with Crippen LogP contribution in [0.1, 0.15) is 12.0 Å². The van der Waals surface area contributed by atoms with Crippen molar-refractivity contribution in [3.63, 3.8) is 0 Å². The predicted molar refractivity (Wildman–Crippen MR) is 63.7 cm³/mol. The van der Waals surface area contributed by atoms with Gasteiger partial charge in [0.25, 0.3) is 0 Å². The first-order valence-corrected chi connectivity index (χ1v) is 5.25. The first-order valence-electron chi connectivity index (χ1n) is 5.25. The summed E-state index contributed by atoms with van der Waals surface area (Å²) in [5.41, 5.74) is 7.94. The van der Waals surface area contributed by atoms with E-state index in [0.717, 1.165) is 31.8 Å². The highest BCUT2D eigenvalue weighted by Crippen LogP contribution is 2.12. The number of methoxy groups -OCH3 is 1. The highest BCUT2D eigenvalue weighted by molar-refractivity contribution is 5.46. The van der Waals surface area contributed by atoms with Gasteiger partial charge in [-0.2, -0.15) is 0 Å². The Hall–Kier alpha value is -1.06. The van der Waals surface area contributed by atoms with E-state index in [4.69, 9.17) is 10.5 Å². The number of rotatable bonds is 6. The number of nitrogens with two attached hydrogens (primary N) is 1. The lowest BCUT2D eigenvalue weighted by Gasteiger charge is -2.17. The minimum Gasteiger partial charge on any atom is -0.398 e. The van der Waals surface area contributed by atoms with Gasteiger partial charge in [0.05, 0.1) is 0 Å². The third-order valence-electron chi connectivity index (χ3n) is 2.38. The monoisotopic (exact) mass is 208 g/mol. The standard InChI is InChI=1S/C12H20N2O/c1-14(8-5-9-15-2)10-11-6-3-4-7-12(11)13/h3-4,6-7H,5,8-10,13H2,1-2H3. The fourth-order valence-corrected chi connectivity index (χ4v) is 1.53. The van der Waals surface area contributed by atoms with E-state index < -0.39 is 0 Å². The highest BCUT2D eigenvalue weighted by Gasteiger charge is 2.02. The minimum absolute atomic E-state index is 0.814. The Bertz CT molecular complexity index is 289. The molecule has 84 valence electrons. The maximum absolute atomic E-state index is 5.87. The normalized spacial score (nSPS) is 10.9. The molecule has 0 aliphatic heterocycles. The van der Waals surface area contributed by atoms with E-state index in [0.29, 0.717) is 0 Å². The van der Waals surface area contributed by atoms with Crippen LogP contribution in [-0.4, -0.2) is 32.2 Å². The number of ether oxygens (including phenoxy) is 1. The van der Waals surface area contributed by atoms with E-state index >= 15 is 0 Å². The molecule has 15 heavy (non-hydrogen) atoms. The molecule has 2 N–H and O–H groups in total. The van der Waals surface area contributed by atoms with Crippen molar-refractivity contribution in [3.05, 3.63) is 29.8 Å². The minimum atomic E-state index is 0.814. The number of benzene rings is 1. The summed E-state index contributed by atoms with van der Waals surface area (Å²) in [7, 11) is 3.83. The van der Waals surface area contributed by atoms with E-state index in [9.17, 15) is 0 Å². The molecule has 0 fully saturated rings. The van der Waals surface area contributed by atoms with Gasteiger partial charge in [-0.15, -0.1) is 0 Å². The number of anilines is 1. The first-order chi connectivity index (χ1) is 7.24. The predicted octanol–water partition coefficient (Wildman–Crippen LogP) is 1.74. The quantitative estimate of drug-likeness (QED) is 0.571. The second kappa shape index (κ2) is 6.43. The van der Waals surface area contributed by atoms with Crippen LogP contribution in [0, 0.1) is 0 Å². The smallest absolute Gasteiger partial charge is 0.0474 e. The molecular formula is C12H20N2O. The lowest BCUT2D eigenvalue weighted by Crippen LogP contribution is -2.20. The zero-order chi connectivity index (χ0) is 11.1. The number of hydrogen-bond donors (Lipinski definition) is 1. The summed E-state index contributed by atoms with van der Waals surface area (Å²) < 4.78 is 5.01. The Morgan fingerprint density at radius 3 is 2.73 bits per heavy atom. The molecule has 0 spiro atoms. The van der Waals surface area contributed by atoms with Crippen LogP contribution in [0.5, 0.6) is 0 Å². The summed E-state index contributed by atoms with van der Waals surface area (Å²) in [6, 6.07) is 8.00. The van der Waals surface area contributed by atoms with Crippen molar-refractivity contribution >= 4 is 5.69 Å². The highest BCUT2D eigenvalue weighted by atomic mass is 16.5. The molecule has 0 saturated carbocycles. The molecule has 1 aromatic rings. The van der Waals surface area contributed by atoms with Gasteiger partial charge in [-0.1, -0.05) is 18.2 Å². The van der Waals surface area contributed by atoms with E-state index in [1.54, 1.807) is 7.11 Å². The maximum atomic E-state index is 5.87. The van der Waals surface area contributed by atoms with Gasteiger partial charge >= 0.3 is 0 Å². The molecule has 0 radical (unpaired) electrons. The van der Waals surface area contributed by atoms with Crippen molar-refractivity contribution < 1.29 is 4.74 Å². The van der Waals surface area contributed by atoms with Crippen LogP contribution in [0.3, 0.4) is 0 Å². The lowest BCUT2D eigenvalue weighted by atomic mass is 10.1. The molecule has 1 aromatic carbocycles. The number of nitrogen functional groups attached to an aromatic ring is 1. The number of nitrogens with zero attached hydrogens (tertiary/aromatic N) is 1. The molecule has 0 saturated heterocycles. The summed E-state index contributed by atoms with van der Waals surface area (Å²) >= 11 is 0. The summed E-state index contributed by atoms with van der Waals surface area (Å²) in [5.74, 6) is 0. The van der Waals surface area contributed by atoms with Gasteiger partial charge in [-0.3, -0.25) is 0 Å². The molecular weight excluding hydrogens is 188 g/mol. The van der Waals surface area contributed by atoms with Crippen LogP contribution in [0.2, 0.25) is 0 Å². The third-order valence-corrected chi connectivity index (χ3v) is 2.38. The first kappa shape index (κ1) is 12.0. The zero-order valence-corrected chi connectivity index (χ0v) is 9.57. The van der Waals surface area contributed by atoms with Crippen molar-refractivity contribution in [3.8, 4) is 0 Å². The van der Waals surface area contributed by atoms with Crippen molar-refractivity contribution in [1.82, 2.24) is 4.90 Å². The molecule has 0 amide bonds. The van der Waals surface area contributed by atoms with Gasteiger partial charge in [-0.05, 0) is 25.1 Å². The van der Waals surface area contributed by atoms with Gasteiger partial charge in [0.15, 0.2) is 0 Å². The van der Waals surface area contributed by atoms with Crippen LogP contribution in [0.25, 0.3) is 0 Å². The van der Waals surface area contributed by atoms with E-state index in [1.165, 1.54) is 5.56 Å². The zero-order valence-electron chi connectivity index (χ0n) is 9.57. The van der Waals surface area contributed by atoms with Crippen LogP contribution >= 0.6 is 0 Å². The largest absolute Gasteiger partial charge is 0.398 e. The molecule has 1 rings (SSSR count). The van der Waals surface area contributed by atoms with Crippen LogP contribution in [0.15, 0.2) is 24.3 Å². The Balaban J connectivity index is 2.37. The van der Waals surface area contributed by atoms with Gasteiger partial charge < -0.3 is 15.4 Å². The van der Waals surface area contributed by atoms with Crippen molar-refractivity contribution in [2.45, 2.75) is 13.0 Å². The summed E-state index contributed by atoms with van der Waals surface area (Å²) in [5, 5.41) is 0. The Morgan fingerprint density at radius 1 is 1.33 bits per heavy atom. The number of para-hydroxylation sites is 1. The molecule has 0 heterocycles. The second-order valence-corrected chi connectivity index (χ2v) is 3.78.